The molecule has 1 aliphatic carbocycles. The molecule has 0 bridgehead atoms. The smallest absolute Gasteiger partial charge is 0.137 e. The lowest BCUT2D eigenvalue weighted by Crippen LogP contribution is -2.33. The molecule has 0 atom stereocenters. The second-order valence-electron chi connectivity index (χ2n) is 25.6. The molecule has 5 heteroatoms. The van der Waals surface area contributed by atoms with Crippen molar-refractivity contribution in [3.05, 3.63) is 216 Å². The average Bonchev–Trinajstić information content (AvgIpc) is 1.73. The highest BCUT2D eigenvalue weighted by molar-refractivity contribution is 6.09. The molecule has 0 N–H and O–H groups in total. The number of hydrogen-bond donors (Lipinski definition) is 0. The number of ether oxygens (including phenoxy) is 1. The molecule has 0 saturated carbocycles. The SMILES string of the molecule is [2H]c1c([2H])c([2H])c2c(c1[2H])c1ccc(Oc3cccc(N4CN(c5c(-c6ccc(-c7cccc(C(C)(C)C)c7)cc6)cc(C([2H])([2H])C(C)C)cc5-c5ccc6c(c5)C(C)(C)CCC6(C)C)c5ccccc54)c3)cc1n2-c1cc(C(C)(C)C)ccn1. The van der Waals surface area contributed by atoms with Crippen molar-refractivity contribution in [2.24, 2.45) is 5.92 Å². The van der Waals surface area contributed by atoms with Gasteiger partial charge in [-0.05, 0) is 164 Å². The van der Waals surface area contributed by atoms with Crippen LogP contribution in [0.4, 0.5) is 22.7 Å². The first kappa shape index (κ1) is 45.0. The average molecular weight is 1040 g/mol. The van der Waals surface area contributed by atoms with Crippen LogP contribution >= 0.6 is 0 Å². The number of aromatic nitrogens is 2. The highest BCUT2D eigenvalue weighted by Gasteiger charge is 2.38. The minimum atomic E-state index is -1.65. The van der Waals surface area contributed by atoms with Gasteiger partial charge in [0.05, 0.1) is 33.6 Å². The Kier molecular flexibility index (Phi) is 11.1. The summed E-state index contributed by atoms with van der Waals surface area (Å²) in [4.78, 5) is 9.53. The second-order valence-corrected chi connectivity index (χ2v) is 25.6. The Balaban J connectivity index is 1.00. The van der Waals surface area contributed by atoms with Crippen molar-refractivity contribution < 1.29 is 13.0 Å². The Morgan fingerprint density at radius 3 is 1.95 bits per heavy atom. The van der Waals surface area contributed by atoms with E-state index in [2.05, 4.69) is 194 Å². The van der Waals surface area contributed by atoms with Crippen molar-refractivity contribution in [1.82, 2.24) is 9.55 Å². The van der Waals surface area contributed by atoms with E-state index >= 15 is 0 Å². The van der Waals surface area contributed by atoms with Crippen molar-refractivity contribution in [3.8, 4) is 50.7 Å². The van der Waals surface area contributed by atoms with Crippen LogP contribution in [0.5, 0.6) is 11.5 Å². The maximum atomic E-state index is 9.74. The Bertz CT molecular complexity index is 4290. The molecule has 3 heterocycles. The largest absolute Gasteiger partial charge is 0.457 e. The van der Waals surface area contributed by atoms with E-state index in [0.717, 1.165) is 74.5 Å². The molecule has 2 aromatic heterocycles. The van der Waals surface area contributed by atoms with E-state index in [1.807, 2.05) is 60.9 Å². The Morgan fingerprint density at radius 2 is 1.22 bits per heavy atom. The fourth-order valence-electron chi connectivity index (χ4n) is 12.0. The van der Waals surface area contributed by atoms with Crippen LogP contribution in [0.3, 0.4) is 0 Å². The third-order valence-electron chi connectivity index (χ3n) is 16.6. The van der Waals surface area contributed by atoms with E-state index < -0.39 is 6.37 Å². The van der Waals surface area contributed by atoms with Gasteiger partial charge in [0, 0.05) is 48.7 Å². The third-order valence-corrected chi connectivity index (χ3v) is 16.6. The predicted octanol–water partition coefficient (Wildman–Crippen LogP) is 20.4. The normalized spacial score (nSPS) is 16.3. The van der Waals surface area contributed by atoms with E-state index in [1.165, 1.54) is 16.7 Å². The van der Waals surface area contributed by atoms with Gasteiger partial charge in [0.2, 0.25) is 0 Å². The summed E-state index contributed by atoms with van der Waals surface area (Å²) >= 11 is 0. The number of benzene rings is 8. The molecule has 79 heavy (non-hydrogen) atoms. The summed E-state index contributed by atoms with van der Waals surface area (Å²) in [6, 6.07) is 54.4. The van der Waals surface area contributed by atoms with Crippen molar-refractivity contribution >= 4 is 44.6 Å². The summed E-state index contributed by atoms with van der Waals surface area (Å²) in [5.41, 5.74) is 16.6. The topological polar surface area (TPSA) is 33.5 Å². The number of nitrogens with zero attached hydrogens (tertiary/aromatic N) is 4. The summed E-state index contributed by atoms with van der Waals surface area (Å²) in [5, 5.41) is 1.09. The number of hydrogen-bond acceptors (Lipinski definition) is 4. The monoisotopic (exact) mass is 1040 g/mol. The van der Waals surface area contributed by atoms with Crippen molar-refractivity contribution in [3.63, 3.8) is 0 Å². The minimum absolute atomic E-state index is 0.00540. The molecule has 0 radical (unpaired) electrons. The summed E-state index contributed by atoms with van der Waals surface area (Å²) in [5.74, 6) is 1.38. The van der Waals surface area contributed by atoms with Crippen LogP contribution in [-0.2, 0) is 28.0 Å². The first-order chi connectivity index (χ1) is 40.1. The fraction of sp³-hybridized carbons (Fsp3) is 0.284. The Labute approximate surface area is 478 Å². The lowest BCUT2D eigenvalue weighted by atomic mass is 9.63. The summed E-state index contributed by atoms with van der Waals surface area (Å²) < 4.78 is 63.8. The summed E-state index contributed by atoms with van der Waals surface area (Å²) in [7, 11) is 0. The zero-order valence-corrected chi connectivity index (χ0v) is 48.0. The number of para-hydroxylation sites is 3. The highest BCUT2D eigenvalue weighted by Crippen LogP contribution is 2.53. The summed E-state index contributed by atoms with van der Waals surface area (Å²) in [6.45, 7) is 27.0. The van der Waals surface area contributed by atoms with Crippen LogP contribution in [0.2, 0.25) is 0 Å². The molecule has 8 aromatic carbocycles. The first-order valence-corrected chi connectivity index (χ1v) is 28.1. The van der Waals surface area contributed by atoms with Crippen LogP contribution in [-0.4, -0.2) is 16.2 Å². The van der Waals surface area contributed by atoms with Crippen LogP contribution in [0.1, 0.15) is 132 Å². The maximum absolute atomic E-state index is 9.74. The van der Waals surface area contributed by atoms with E-state index in [1.54, 1.807) is 6.20 Å². The van der Waals surface area contributed by atoms with Gasteiger partial charge in [-0.1, -0.05) is 186 Å². The third kappa shape index (κ3) is 9.70. The quantitative estimate of drug-likeness (QED) is 0.137. The zero-order valence-electron chi connectivity index (χ0n) is 54.0. The molecule has 10 aromatic rings. The van der Waals surface area contributed by atoms with Crippen molar-refractivity contribution in [2.45, 2.75) is 124 Å². The molecule has 0 unspecified atom stereocenters. The molecule has 0 amide bonds. The fourth-order valence-corrected chi connectivity index (χ4v) is 12.0. The second kappa shape index (κ2) is 19.5. The van der Waals surface area contributed by atoms with Gasteiger partial charge >= 0.3 is 0 Å². The predicted molar refractivity (Wildman–Crippen MR) is 335 cm³/mol. The molecule has 0 saturated heterocycles. The van der Waals surface area contributed by atoms with Gasteiger partial charge in [-0.2, -0.15) is 0 Å². The number of rotatable bonds is 10. The number of fused-ring (bicyclic) bond motifs is 5. The van der Waals surface area contributed by atoms with Crippen LogP contribution < -0.4 is 14.5 Å². The first-order valence-electron chi connectivity index (χ1n) is 31.1. The Morgan fingerprint density at radius 1 is 0.570 bits per heavy atom. The lowest BCUT2D eigenvalue weighted by molar-refractivity contribution is 0.332. The van der Waals surface area contributed by atoms with Gasteiger partial charge in [-0.15, -0.1) is 0 Å². The molecule has 0 fully saturated rings. The molecule has 0 spiro atoms. The Hall–Kier alpha value is -7.89. The molecule has 1 aliphatic heterocycles. The molecule has 5 nitrogen and oxygen atoms in total. The number of pyridine rings is 1. The van der Waals surface area contributed by atoms with Gasteiger partial charge in [-0.3, -0.25) is 4.57 Å². The molecule has 2 aliphatic rings. The van der Waals surface area contributed by atoms with E-state index in [0.29, 0.717) is 51.4 Å². The van der Waals surface area contributed by atoms with Crippen molar-refractivity contribution in [2.75, 3.05) is 16.5 Å². The van der Waals surface area contributed by atoms with E-state index in [9.17, 15) is 4.11 Å². The molecular formula is C74H76N4O. The zero-order chi connectivity index (χ0) is 60.4. The standard InChI is InChI=1S/C74H76N4O/c1-48(2)39-49-40-61(51-29-27-50(28-30-51)52-19-17-20-54(42-52)71(3,4)5)70(62(41-49)53-31-34-63-64(43-53)74(11,12)37-36-73(63,9)10)77-47-76(66-25-15-16-26-67(66)77)56-21-18-22-57(45-56)79-58-32-33-60-59-23-13-14-24-65(59)78(68(60)46-58)69-44-55(35-38-75-69)72(6,7)8/h13-35,38,40-46,48H,36-37,39,47H2,1-12H3/i13D,14D,23D,24D,39D2. The van der Waals surface area contributed by atoms with Gasteiger partial charge in [0.15, 0.2) is 0 Å². The van der Waals surface area contributed by atoms with Gasteiger partial charge < -0.3 is 14.5 Å². The minimum Gasteiger partial charge on any atom is -0.457 e. The highest BCUT2D eigenvalue weighted by atomic mass is 16.5. The van der Waals surface area contributed by atoms with Gasteiger partial charge in [0.25, 0.3) is 0 Å². The molecular weight excluding hydrogens is 961 g/mol. The number of anilines is 4. The van der Waals surface area contributed by atoms with Gasteiger partial charge in [0.1, 0.15) is 24.0 Å². The van der Waals surface area contributed by atoms with Crippen LogP contribution in [0.25, 0.3) is 61.0 Å². The van der Waals surface area contributed by atoms with Crippen LogP contribution in [0, 0.1) is 5.92 Å². The molecule has 398 valence electrons. The van der Waals surface area contributed by atoms with Gasteiger partial charge in [-0.25, -0.2) is 4.98 Å². The van der Waals surface area contributed by atoms with Crippen molar-refractivity contribution in [1.29, 1.82) is 0 Å². The summed E-state index contributed by atoms with van der Waals surface area (Å²) in [6.07, 6.45) is 2.27. The van der Waals surface area contributed by atoms with Crippen LogP contribution in [0.15, 0.2) is 188 Å². The maximum Gasteiger partial charge on any atom is 0.137 e. The lowest BCUT2D eigenvalue weighted by Gasteiger charge is -2.42. The molecule has 12 rings (SSSR count). The van der Waals surface area contributed by atoms with E-state index in [4.69, 9.17) is 13.8 Å². The van der Waals surface area contributed by atoms with E-state index in [-0.39, 0.29) is 51.7 Å².